The van der Waals surface area contributed by atoms with Crippen LogP contribution in [-0.4, -0.2) is 24.7 Å². The number of nitrogens with one attached hydrogen (secondary N) is 1. The first-order chi connectivity index (χ1) is 7.79. The Labute approximate surface area is 95.9 Å². The molecule has 90 valence electrons. The predicted molar refractivity (Wildman–Crippen MR) is 61.8 cm³/mol. The molecule has 4 nitrogen and oxygen atoms in total. The molecule has 0 radical (unpaired) electrons. The van der Waals surface area contributed by atoms with Crippen LogP contribution in [0.5, 0.6) is 5.75 Å². The third-order valence-electron chi connectivity index (χ3n) is 2.37. The van der Waals surface area contributed by atoms with Crippen molar-refractivity contribution in [3.05, 3.63) is 18.0 Å². The summed E-state index contributed by atoms with van der Waals surface area (Å²) in [5.41, 5.74) is 0.456. The van der Waals surface area contributed by atoms with Gasteiger partial charge in [-0.25, -0.2) is 4.79 Å². The van der Waals surface area contributed by atoms with Crippen molar-refractivity contribution < 1.29 is 14.3 Å². The molecule has 0 aliphatic rings. The molecule has 0 saturated heterocycles. The first-order valence-corrected chi connectivity index (χ1v) is 5.67. The number of aromatic amines is 1. The number of hydrogen-bond donors (Lipinski definition) is 1. The lowest BCUT2D eigenvalue weighted by molar-refractivity contribution is 0.0596. The van der Waals surface area contributed by atoms with Gasteiger partial charge in [-0.3, -0.25) is 0 Å². The second-order valence-electron chi connectivity index (χ2n) is 3.63. The standard InChI is InChI=1S/C12H19NO3/c1-3-4-5-6-7-16-11-9-13-8-10(11)12(14)15-2/h8-9,13H,3-7H2,1-2H3. The van der Waals surface area contributed by atoms with Gasteiger partial charge >= 0.3 is 5.97 Å². The van der Waals surface area contributed by atoms with E-state index in [9.17, 15) is 4.79 Å². The number of carbonyl (C=O) groups excluding carboxylic acids is 1. The van der Waals surface area contributed by atoms with E-state index in [1.807, 2.05) is 0 Å². The van der Waals surface area contributed by atoms with Crippen molar-refractivity contribution in [2.75, 3.05) is 13.7 Å². The number of carbonyl (C=O) groups is 1. The Morgan fingerprint density at radius 3 is 2.81 bits per heavy atom. The summed E-state index contributed by atoms with van der Waals surface area (Å²) in [5.74, 6) is 0.202. The zero-order chi connectivity index (χ0) is 11.8. The molecule has 4 heteroatoms. The first kappa shape index (κ1) is 12.6. The van der Waals surface area contributed by atoms with Crippen molar-refractivity contribution in [2.45, 2.75) is 32.6 Å². The zero-order valence-electron chi connectivity index (χ0n) is 9.91. The fraction of sp³-hybridized carbons (Fsp3) is 0.583. The summed E-state index contributed by atoms with van der Waals surface area (Å²) in [4.78, 5) is 14.1. The highest BCUT2D eigenvalue weighted by Crippen LogP contribution is 2.18. The second kappa shape index (κ2) is 6.93. The van der Waals surface area contributed by atoms with E-state index in [2.05, 4.69) is 16.6 Å². The molecular weight excluding hydrogens is 206 g/mol. The van der Waals surface area contributed by atoms with Crippen LogP contribution in [-0.2, 0) is 4.74 Å². The van der Waals surface area contributed by atoms with Gasteiger partial charge in [0.2, 0.25) is 0 Å². The predicted octanol–water partition coefficient (Wildman–Crippen LogP) is 2.76. The van der Waals surface area contributed by atoms with E-state index in [4.69, 9.17) is 4.74 Å². The molecule has 0 bridgehead atoms. The second-order valence-corrected chi connectivity index (χ2v) is 3.63. The number of methoxy groups -OCH3 is 1. The molecule has 1 rings (SSSR count). The highest BCUT2D eigenvalue weighted by atomic mass is 16.5. The van der Waals surface area contributed by atoms with E-state index < -0.39 is 0 Å². The van der Waals surface area contributed by atoms with Gasteiger partial charge in [0.25, 0.3) is 0 Å². The summed E-state index contributed by atoms with van der Waals surface area (Å²) in [6.07, 6.45) is 7.87. The van der Waals surface area contributed by atoms with Crippen LogP contribution in [0, 0.1) is 0 Å². The average molecular weight is 225 g/mol. The SMILES string of the molecule is CCCCCCOc1c[nH]cc1C(=O)OC. The van der Waals surface area contributed by atoms with E-state index in [0.717, 1.165) is 12.8 Å². The van der Waals surface area contributed by atoms with Crippen molar-refractivity contribution in [3.8, 4) is 5.75 Å². The van der Waals surface area contributed by atoms with E-state index in [0.29, 0.717) is 17.9 Å². The third kappa shape index (κ3) is 3.61. The van der Waals surface area contributed by atoms with Crippen LogP contribution in [0.1, 0.15) is 43.0 Å². The van der Waals surface area contributed by atoms with Gasteiger partial charge in [0.1, 0.15) is 5.56 Å². The molecule has 1 heterocycles. The Morgan fingerprint density at radius 2 is 2.12 bits per heavy atom. The Balaban J connectivity index is 2.36. The molecule has 1 aromatic rings. The van der Waals surface area contributed by atoms with E-state index in [1.165, 1.54) is 20.0 Å². The molecule has 1 aromatic heterocycles. The molecule has 0 unspecified atom stereocenters. The fourth-order valence-electron chi connectivity index (χ4n) is 1.45. The maximum atomic E-state index is 11.3. The van der Waals surface area contributed by atoms with Crippen molar-refractivity contribution in [1.29, 1.82) is 0 Å². The number of ether oxygens (including phenoxy) is 2. The van der Waals surface area contributed by atoms with Crippen LogP contribution in [0.4, 0.5) is 0 Å². The maximum absolute atomic E-state index is 11.3. The Hall–Kier alpha value is -1.45. The monoisotopic (exact) mass is 225 g/mol. The van der Waals surface area contributed by atoms with Gasteiger partial charge in [0.05, 0.1) is 13.7 Å². The molecule has 1 N–H and O–H groups in total. The van der Waals surface area contributed by atoms with Crippen molar-refractivity contribution in [2.24, 2.45) is 0 Å². The van der Waals surface area contributed by atoms with Crippen LogP contribution in [0.2, 0.25) is 0 Å². The Kier molecular flexibility index (Phi) is 5.46. The molecule has 0 aromatic carbocycles. The molecule has 0 spiro atoms. The summed E-state index contributed by atoms with van der Waals surface area (Å²) in [7, 11) is 1.36. The highest BCUT2D eigenvalue weighted by Gasteiger charge is 2.13. The maximum Gasteiger partial charge on any atom is 0.343 e. The zero-order valence-corrected chi connectivity index (χ0v) is 9.91. The number of H-pyrrole nitrogens is 1. The first-order valence-electron chi connectivity index (χ1n) is 5.67. The van der Waals surface area contributed by atoms with Crippen LogP contribution in [0.15, 0.2) is 12.4 Å². The topological polar surface area (TPSA) is 51.3 Å². The number of esters is 1. The summed E-state index contributed by atoms with van der Waals surface area (Å²) in [5, 5.41) is 0. The average Bonchev–Trinajstić information content (AvgIpc) is 2.76. The van der Waals surface area contributed by atoms with E-state index >= 15 is 0 Å². The minimum Gasteiger partial charge on any atom is -0.491 e. The van der Waals surface area contributed by atoms with Gasteiger partial charge in [-0.1, -0.05) is 26.2 Å². The van der Waals surface area contributed by atoms with Gasteiger partial charge < -0.3 is 14.5 Å². The molecule has 0 aliphatic heterocycles. The minimum atomic E-state index is -0.371. The fourth-order valence-corrected chi connectivity index (χ4v) is 1.45. The van der Waals surface area contributed by atoms with Crippen molar-refractivity contribution in [1.82, 2.24) is 4.98 Å². The van der Waals surface area contributed by atoms with Crippen LogP contribution in [0.25, 0.3) is 0 Å². The lowest BCUT2D eigenvalue weighted by Gasteiger charge is -2.05. The van der Waals surface area contributed by atoms with Gasteiger partial charge in [0.15, 0.2) is 5.75 Å². The number of hydrogen-bond acceptors (Lipinski definition) is 3. The molecule has 0 fully saturated rings. The molecule has 16 heavy (non-hydrogen) atoms. The summed E-state index contributed by atoms with van der Waals surface area (Å²) in [6, 6.07) is 0. The summed E-state index contributed by atoms with van der Waals surface area (Å²) < 4.78 is 10.2. The Morgan fingerprint density at radius 1 is 1.31 bits per heavy atom. The lowest BCUT2D eigenvalue weighted by Crippen LogP contribution is -2.04. The summed E-state index contributed by atoms with van der Waals surface area (Å²) >= 11 is 0. The van der Waals surface area contributed by atoms with E-state index in [-0.39, 0.29) is 5.97 Å². The van der Waals surface area contributed by atoms with Crippen molar-refractivity contribution >= 4 is 5.97 Å². The third-order valence-corrected chi connectivity index (χ3v) is 2.37. The molecule has 0 amide bonds. The lowest BCUT2D eigenvalue weighted by atomic mass is 10.2. The minimum absolute atomic E-state index is 0.371. The van der Waals surface area contributed by atoms with Gasteiger partial charge in [-0.2, -0.15) is 0 Å². The molecule has 0 saturated carbocycles. The quantitative estimate of drug-likeness (QED) is 0.573. The smallest absolute Gasteiger partial charge is 0.343 e. The largest absolute Gasteiger partial charge is 0.491 e. The van der Waals surface area contributed by atoms with Crippen LogP contribution >= 0.6 is 0 Å². The van der Waals surface area contributed by atoms with Crippen LogP contribution in [0.3, 0.4) is 0 Å². The number of aromatic nitrogens is 1. The number of unbranched alkanes of at least 4 members (excludes halogenated alkanes) is 3. The molecule has 0 atom stereocenters. The molecular formula is C12H19NO3. The van der Waals surface area contributed by atoms with E-state index in [1.54, 1.807) is 12.4 Å². The molecule has 0 aliphatic carbocycles. The number of rotatable bonds is 7. The van der Waals surface area contributed by atoms with Crippen LogP contribution < -0.4 is 4.74 Å². The van der Waals surface area contributed by atoms with Gasteiger partial charge in [-0.15, -0.1) is 0 Å². The highest BCUT2D eigenvalue weighted by molar-refractivity contribution is 5.92. The van der Waals surface area contributed by atoms with Gasteiger partial charge in [0, 0.05) is 12.4 Å². The van der Waals surface area contributed by atoms with Crippen molar-refractivity contribution in [3.63, 3.8) is 0 Å². The Bertz CT molecular complexity index is 320. The van der Waals surface area contributed by atoms with Gasteiger partial charge in [-0.05, 0) is 6.42 Å². The summed E-state index contributed by atoms with van der Waals surface area (Å²) in [6.45, 7) is 2.81. The normalized spacial score (nSPS) is 10.1.